The van der Waals surface area contributed by atoms with E-state index in [1.165, 1.54) is 0 Å². The van der Waals surface area contributed by atoms with E-state index in [0.29, 0.717) is 11.4 Å². The van der Waals surface area contributed by atoms with Crippen LogP contribution < -0.4 is 10.1 Å². The lowest BCUT2D eigenvalue weighted by atomic mass is 10.1. The summed E-state index contributed by atoms with van der Waals surface area (Å²) in [6.45, 7) is 1.96. The molecule has 110 valence electrons. The van der Waals surface area contributed by atoms with Crippen molar-refractivity contribution in [1.29, 1.82) is 0 Å². The van der Waals surface area contributed by atoms with Crippen LogP contribution in [0.25, 0.3) is 10.8 Å². The second-order valence-electron chi connectivity index (χ2n) is 5.10. The summed E-state index contributed by atoms with van der Waals surface area (Å²) in [4.78, 5) is 16.5. The van der Waals surface area contributed by atoms with Gasteiger partial charge in [0.05, 0.1) is 7.11 Å². The Morgan fingerprint density at radius 1 is 1.05 bits per heavy atom. The molecule has 3 aromatic rings. The number of aryl methyl sites for hydroxylation is 1. The van der Waals surface area contributed by atoms with Gasteiger partial charge < -0.3 is 10.1 Å². The Labute approximate surface area is 128 Å². The SMILES string of the molecule is COc1ccc2cc(C(=O)Nc3cc(C)ccn3)ccc2c1. The number of methoxy groups -OCH3 is 1. The average Bonchev–Trinajstić information content (AvgIpc) is 2.53. The van der Waals surface area contributed by atoms with E-state index in [0.717, 1.165) is 22.1 Å². The van der Waals surface area contributed by atoms with E-state index in [1.807, 2.05) is 49.4 Å². The quantitative estimate of drug-likeness (QED) is 0.798. The topological polar surface area (TPSA) is 51.2 Å². The highest BCUT2D eigenvalue weighted by Gasteiger charge is 2.08. The summed E-state index contributed by atoms with van der Waals surface area (Å²) >= 11 is 0. The standard InChI is InChI=1S/C18H16N2O2/c1-12-7-8-19-17(9-12)20-18(21)15-4-3-14-11-16(22-2)6-5-13(14)10-15/h3-11H,1-2H3,(H,19,20,21). The van der Waals surface area contributed by atoms with Crippen molar-refractivity contribution in [2.45, 2.75) is 6.92 Å². The number of carbonyl (C=O) groups excluding carboxylic acids is 1. The Hall–Kier alpha value is -2.88. The molecular formula is C18H16N2O2. The highest BCUT2D eigenvalue weighted by atomic mass is 16.5. The van der Waals surface area contributed by atoms with Crippen LogP contribution >= 0.6 is 0 Å². The largest absolute Gasteiger partial charge is 0.497 e. The number of fused-ring (bicyclic) bond motifs is 1. The van der Waals surface area contributed by atoms with Gasteiger partial charge in [0.25, 0.3) is 5.91 Å². The molecule has 0 saturated carbocycles. The van der Waals surface area contributed by atoms with Crippen molar-refractivity contribution < 1.29 is 9.53 Å². The van der Waals surface area contributed by atoms with Crippen molar-refractivity contribution >= 4 is 22.5 Å². The molecule has 0 spiro atoms. The van der Waals surface area contributed by atoms with Crippen LogP contribution in [0.4, 0.5) is 5.82 Å². The number of pyridine rings is 1. The van der Waals surface area contributed by atoms with Crippen LogP contribution in [0.2, 0.25) is 0 Å². The predicted octanol–water partition coefficient (Wildman–Crippen LogP) is 3.80. The molecule has 1 heterocycles. The van der Waals surface area contributed by atoms with Gasteiger partial charge in [-0.15, -0.1) is 0 Å². The summed E-state index contributed by atoms with van der Waals surface area (Å²) < 4.78 is 5.20. The molecule has 0 unspecified atom stereocenters. The van der Waals surface area contributed by atoms with Gasteiger partial charge in [0, 0.05) is 11.8 Å². The van der Waals surface area contributed by atoms with Crippen molar-refractivity contribution in [3.05, 3.63) is 65.9 Å². The maximum absolute atomic E-state index is 12.3. The molecule has 0 radical (unpaired) electrons. The molecular weight excluding hydrogens is 276 g/mol. The number of hydrogen-bond donors (Lipinski definition) is 1. The van der Waals surface area contributed by atoms with E-state index in [2.05, 4.69) is 10.3 Å². The summed E-state index contributed by atoms with van der Waals surface area (Å²) in [7, 11) is 1.64. The fourth-order valence-electron chi connectivity index (χ4n) is 2.29. The lowest BCUT2D eigenvalue weighted by molar-refractivity contribution is 0.102. The predicted molar refractivity (Wildman–Crippen MR) is 87.4 cm³/mol. The third-order valence-electron chi connectivity index (χ3n) is 3.47. The molecule has 1 aromatic heterocycles. The van der Waals surface area contributed by atoms with Crippen molar-refractivity contribution in [3.8, 4) is 5.75 Å². The van der Waals surface area contributed by atoms with Crippen molar-refractivity contribution in [2.75, 3.05) is 12.4 Å². The minimum atomic E-state index is -0.171. The Bertz CT molecular complexity index is 843. The molecule has 0 saturated heterocycles. The second kappa shape index (κ2) is 5.85. The van der Waals surface area contributed by atoms with Crippen LogP contribution in [0.5, 0.6) is 5.75 Å². The molecule has 0 aliphatic carbocycles. The number of amides is 1. The molecule has 4 heteroatoms. The normalized spacial score (nSPS) is 10.5. The molecule has 1 amide bonds. The van der Waals surface area contributed by atoms with Gasteiger partial charge >= 0.3 is 0 Å². The summed E-state index contributed by atoms with van der Waals surface area (Å²) in [5.74, 6) is 1.18. The highest BCUT2D eigenvalue weighted by molar-refractivity contribution is 6.06. The van der Waals surface area contributed by atoms with E-state index >= 15 is 0 Å². The first kappa shape index (κ1) is 14.1. The molecule has 0 aliphatic heterocycles. The number of benzene rings is 2. The first-order valence-electron chi connectivity index (χ1n) is 6.97. The molecule has 4 nitrogen and oxygen atoms in total. The maximum Gasteiger partial charge on any atom is 0.256 e. The fourth-order valence-corrected chi connectivity index (χ4v) is 2.29. The number of ether oxygens (including phenoxy) is 1. The van der Waals surface area contributed by atoms with Crippen LogP contribution in [-0.2, 0) is 0 Å². The van der Waals surface area contributed by atoms with Gasteiger partial charge in [0.2, 0.25) is 0 Å². The monoisotopic (exact) mass is 292 g/mol. The van der Waals surface area contributed by atoms with Crippen molar-refractivity contribution in [3.63, 3.8) is 0 Å². The third-order valence-corrected chi connectivity index (χ3v) is 3.47. The lowest BCUT2D eigenvalue weighted by Crippen LogP contribution is -2.12. The Balaban J connectivity index is 1.87. The van der Waals surface area contributed by atoms with E-state index in [9.17, 15) is 4.79 Å². The minimum Gasteiger partial charge on any atom is -0.497 e. The van der Waals surface area contributed by atoms with Crippen molar-refractivity contribution in [2.24, 2.45) is 0 Å². The molecule has 0 bridgehead atoms. The first-order valence-corrected chi connectivity index (χ1v) is 6.97. The average molecular weight is 292 g/mol. The van der Waals surface area contributed by atoms with Gasteiger partial charge in [-0.2, -0.15) is 0 Å². The Morgan fingerprint density at radius 2 is 1.82 bits per heavy atom. The smallest absolute Gasteiger partial charge is 0.256 e. The van der Waals surface area contributed by atoms with Gasteiger partial charge in [0.1, 0.15) is 11.6 Å². The van der Waals surface area contributed by atoms with Gasteiger partial charge in [0.15, 0.2) is 0 Å². The van der Waals surface area contributed by atoms with Gasteiger partial charge in [-0.3, -0.25) is 4.79 Å². The number of nitrogens with one attached hydrogen (secondary N) is 1. The van der Waals surface area contributed by atoms with Gasteiger partial charge in [-0.1, -0.05) is 12.1 Å². The summed E-state index contributed by atoms with van der Waals surface area (Å²) in [5.41, 5.74) is 1.65. The van der Waals surface area contributed by atoms with Crippen LogP contribution in [0.1, 0.15) is 15.9 Å². The van der Waals surface area contributed by atoms with E-state index in [4.69, 9.17) is 4.74 Å². The van der Waals surface area contributed by atoms with E-state index in [-0.39, 0.29) is 5.91 Å². The van der Waals surface area contributed by atoms with Gasteiger partial charge in [-0.25, -0.2) is 4.98 Å². The summed E-state index contributed by atoms with van der Waals surface area (Å²) in [6.07, 6.45) is 1.68. The lowest BCUT2D eigenvalue weighted by Gasteiger charge is -2.07. The zero-order valence-corrected chi connectivity index (χ0v) is 12.5. The first-order chi connectivity index (χ1) is 10.7. The van der Waals surface area contributed by atoms with Crippen LogP contribution in [0, 0.1) is 6.92 Å². The fraction of sp³-hybridized carbons (Fsp3) is 0.111. The molecule has 3 rings (SSSR count). The number of aromatic nitrogens is 1. The zero-order valence-electron chi connectivity index (χ0n) is 12.5. The number of anilines is 1. The Kier molecular flexibility index (Phi) is 3.74. The summed E-state index contributed by atoms with van der Waals surface area (Å²) in [5, 5.41) is 4.83. The molecule has 0 aliphatic rings. The Morgan fingerprint density at radius 3 is 2.59 bits per heavy atom. The molecule has 22 heavy (non-hydrogen) atoms. The number of nitrogens with zero attached hydrogens (tertiary/aromatic N) is 1. The molecule has 2 aromatic carbocycles. The molecule has 0 atom stereocenters. The molecule has 0 fully saturated rings. The maximum atomic E-state index is 12.3. The number of rotatable bonds is 3. The highest BCUT2D eigenvalue weighted by Crippen LogP contribution is 2.22. The van der Waals surface area contributed by atoms with Gasteiger partial charge in [-0.05, 0) is 59.7 Å². The minimum absolute atomic E-state index is 0.171. The summed E-state index contributed by atoms with van der Waals surface area (Å²) in [6, 6.07) is 15.1. The van der Waals surface area contributed by atoms with Crippen LogP contribution in [0.3, 0.4) is 0 Å². The molecule has 1 N–H and O–H groups in total. The van der Waals surface area contributed by atoms with E-state index < -0.39 is 0 Å². The van der Waals surface area contributed by atoms with Crippen LogP contribution in [-0.4, -0.2) is 18.0 Å². The number of hydrogen-bond acceptors (Lipinski definition) is 3. The zero-order chi connectivity index (χ0) is 15.5. The second-order valence-corrected chi connectivity index (χ2v) is 5.10. The van der Waals surface area contributed by atoms with Crippen molar-refractivity contribution in [1.82, 2.24) is 4.98 Å². The van der Waals surface area contributed by atoms with E-state index in [1.54, 1.807) is 19.4 Å². The third kappa shape index (κ3) is 2.91. The van der Waals surface area contributed by atoms with Crippen LogP contribution in [0.15, 0.2) is 54.7 Å². The number of carbonyl (C=O) groups is 1.